The van der Waals surface area contributed by atoms with Crippen LogP contribution < -0.4 is 5.32 Å². The van der Waals surface area contributed by atoms with Crippen molar-refractivity contribution < 1.29 is 4.74 Å². The zero-order valence-electron chi connectivity index (χ0n) is 11.7. The zero-order valence-corrected chi connectivity index (χ0v) is 12.6. The van der Waals surface area contributed by atoms with Crippen molar-refractivity contribution in [2.45, 2.75) is 51.9 Å². The van der Waals surface area contributed by atoms with Crippen LogP contribution in [0.4, 0.5) is 0 Å². The van der Waals surface area contributed by atoms with Crippen molar-refractivity contribution in [1.82, 2.24) is 5.32 Å². The van der Waals surface area contributed by atoms with Crippen molar-refractivity contribution in [1.29, 1.82) is 0 Å². The summed E-state index contributed by atoms with van der Waals surface area (Å²) in [6, 6.07) is 0. The second-order valence-corrected chi connectivity index (χ2v) is 6.85. The quantitative estimate of drug-likeness (QED) is 0.795. The maximum atomic E-state index is 5.65. The zero-order chi connectivity index (χ0) is 12.9. The maximum Gasteiger partial charge on any atom is 0.157 e. The smallest absolute Gasteiger partial charge is 0.157 e. The van der Waals surface area contributed by atoms with Crippen molar-refractivity contribution in [3.05, 3.63) is 0 Å². The van der Waals surface area contributed by atoms with E-state index in [-0.39, 0.29) is 5.60 Å². The topological polar surface area (TPSA) is 33.6 Å². The highest BCUT2D eigenvalue weighted by Gasteiger charge is 2.23. The van der Waals surface area contributed by atoms with Gasteiger partial charge >= 0.3 is 0 Å². The van der Waals surface area contributed by atoms with Gasteiger partial charge in [0.15, 0.2) is 5.17 Å². The second-order valence-electron chi connectivity index (χ2n) is 5.56. The lowest BCUT2D eigenvalue weighted by Gasteiger charge is -2.25. The van der Waals surface area contributed by atoms with E-state index in [0.717, 1.165) is 30.8 Å². The first-order chi connectivity index (χ1) is 7.93. The lowest BCUT2D eigenvalue weighted by molar-refractivity contribution is -0.00556. The maximum absolute atomic E-state index is 5.65. The molecule has 100 valence electrons. The Morgan fingerprint density at radius 2 is 2.24 bits per heavy atom. The molecule has 0 aromatic rings. The van der Waals surface area contributed by atoms with Crippen molar-refractivity contribution in [3.63, 3.8) is 0 Å². The third-order valence-corrected chi connectivity index (χ3v) is 3.82. The molecular weight excluding hydrogens is 232 g/mol. The molecule has 1 atom stereocenters. The molecule has 1 aliphatic heterocycles. The Morgan fingerprint density at radius 3 is 2.82 bits per heavy atom. The van der Waals surface area contributed by atoms with Gasteiger partial charge in [-0.05, 0) is 33.1 Å². The number of nitrogens with zero attached hydrogens (tertiary/aromatic N) is 1. The standard InChI is InChI=1S/C13H26N2OS/c1-6-16-13(4,5)9-15-12-14-8-11(17-12)7-10(2)3/h10-11H,6-9H2,1-5H3,(H,14,15). The van der Waals surface area contributed by atoms with E-state index in [0.29, 0.717) is 5.25 Å². The number of nitrogens with one attached hydrogen (secondary N) is 1. The lowest BCUT2D eigenvalue weighted by Crippen LogP contribution is -2.39. The SMILES string of the molecule is CCOC(C)(C)CNC1=NCC(CC(C)C)S1. The van der Waals surface area contributed by atoms with Crippen LogP contribution in [0.25, 0.3) is 0 Å². The van der Waals surface area contributed by atoms with Gasteiger partial charge in [-0.2, -0.15) is 0 Å². The molecule has 1 aliphatic rings. The summed E-state index contributed by atoms with van der Waals surface area (Å²) in [6.07, 6.45) is 1.24. The Kier molecular flexibility index (Phi) is 5.80. The highest BCUT2D eigenvalue weighted by molar-refractivity contribution is 8.14. The van der Waals surface area contributed by atoms with Crippen LogP contribution in [0.15, 0.2) is 4.99 Å². The molecule has 3 nitrogen and oxygen atoms in total. The fourth-order valence-corrected chi connectivity index (χ4v) is 3.14. The summed E-state index contributed by atoms with van der Waals surface area (Å²) < 4.78 is 5.65. The Bertz CT molecular complexity index is 264. The Balaban J connectivity index is 2.26. The third-order valence-electron chi connectivity index (χ3n) is 2.65. The van der Waals surface area contributed by atoms with Crippen molar-refractivity contribution >= 4 is 16.9 Å². The van der Waals surface area contributed by atoms with Gasteiger partial charge in [-0.25, -0.2) is 0 Å². The predicted octanol–water partition coefficient (Wildman–Crippen LogP) is 2.91. The van der Waals surface area contributed by atoms with Crippen LogP contribution in [0.1, 0.15) is 41.0 Å². The summed E-state index contributed by atoms with van der Waals surface area (Å²) in [5, 5.41) is 5.14. The van der Waals surface area contributed by atoms with Crippen LogP contribution >= 0.6 is 11.8 Å². The summed E-state index contributed by atoms with van der Waals surface area (Å²) in [7, 11) is 0. The van der Waals surface area contributed by atoms with Crippen LogP contribution in [-0.2, 0) is 4.74 Å². The van der Waals surface area contributed by atoms with Crippen LogP contribution in [0.5, 0.6) is 0 Å². The molecule has 0 aromatic carbocycles. The minimum Gasteiger partial charge on any atom is -0.374 e. The molecular formula is C13H26N2OS. The minimum absolute atomic E-state index is 0.117. The first kappa shape index (κ1) is 14.8. The molecule has 0 aromatic heterocycles. The van der Waals surface area contributed by atoms with Gasteiger partial charge < -0.3 is 10.1 Å². The number of thioether (sulfide) groups is 1. The minimum atomic E-state index is -0.117. The molecule has 1 heterocycles. The molecule has 0 saturated carbocycles. The van der Waals surface area contributed by atoms with Gasteiger partial charge in [0.05, 0.1) is 12.1 Å². The molecule has 0 fully saturated rings. The van der Waals surface area contributed by atoms with Crippen LogP contribution in [0.2, 0.25) is 0 Å². The molecule has 1 unspecified atom stereocenters. The molecule has 0 amide bonds. The highest BCUT2D eigenvalue weighted by Crippen LogP contribution is 2.25. The monoisotopic (exact) mass is 258 g/mol. The lowest BCUT2D eigenvalue weighted by atomic mass is 10.1. The highest BCUT2D eigenvalue weighted by atomic mass is 32.2. The first-order valence-corrected chi connectivity index (χ1v) is 7.40. The van der Waals surface area contributed by atoms with E-state index in [1.54, 1.807) is 0 Å². The molecule has 0 aliphatic carbocycles. The van der Waals surface area contributed by atoms with E-state index >= 15 is 0 Å². The van der Waals surface area contributed by atoms with Crippen molar-refractivity contribution in [2.24, 2.45) is 10.9 Å². The summed E-state index contributed by atoms with van der Waals surface area (Å²) >= 11 is 1.88. The summed E-state index contributed by atoms with van der Waals surface area (Å²) in [6.45, 7) is 13.3. The molecule has 4 heteroatoms. The molecule has 1 N–H and O–H groups in total. The van der Waals surface area contributed by atoms with Gasteiger partial charge in [-0.3, -0.25) is 4.99 Å². The largest absolute Gasteiger partial charge is 0.374 e. The van der Waals surface area contributed by atoms with Crippen LogP contribution in [0.3, 0.4) is 0 Å². The van der Waals surface area contributed by atoms with Gasteiger partial charge in [0.1, 0.15) is 0 Å². The van der Waals surface area contributed by atoms with Gasteiger partial charge in [-0.1, -0.05) is 25.6 Å². The molecule has 0 spiro atoms. The fraction of sp³-hybridized carbons (Fsp3) is 0.923. The van der Waals surface area contributed by atoms with E-state index in [4.69, 9.17) is 4.74 Å². The second kappa shape index (κ2) is 6.64. The number of rotatable bonds is 6. The van der Waals surface area contributed by atoms with Crippen LogP contribution in [-0.4, -0.2) is 35.7 Å². The summed E-state index contributed by atoms with van der Waals surface area (Å²) in [5.74, 6) is 0.752. The van der Waals surface area contributed by atoms with Gasteiger partial charge in [0, 0.05) is 18.4 Å². The van der Waals surface area contributed by atoms with E-state index in [2.05, 4.69) is 38.0 Å². The number of amidine groups is 1. The van der Waals surface area contributed by atoms with Crippen molar-refractivity contribution in [3.8, 4) is 0 Å². The average molecular weight is 258 g/mol. The normalized spacial score (nSPS) is 20.8. The van der Waals surface area contributed by atoms with E-state index in [1.807, 2.05) is 18.7 Å². The number of hydrogen-bond donors (Lipinski definition) is 1. The average Bonchev–Trinajstić information content (AvgIpc) is 2.62. The molecule has 0 bridgehead atoms. The Hall–Kier alpha value is -0.220. The fourth-order valence-electron chi connectivity index (χ4n) is 1.89. The molecule has 1 rings (SSSR count). The Labute approximate surface area is 110 Å². The van der Waals surface area contributed by atoms with E-state index in [1.165, 1.54) is 6.42 Å². The molecule has 0 radical (unpaired) electrons. The van der Waals surface area contributed by atoms with Gasteiger partial charge in [0.25, 0.3) is 0 Å². The number of aliphatic imine (C=N–C) groups is 1. The number of hydrogen-bond acceptors (Lipinski definition) is 4. The number of ether oxygens (including phenoxy) is 1. The van der Waals surface area contributed by atoms with Crippen molar-refractivity contribution in [2.75, 3.05) is 19.7 Å². The third kappa shape index (κ3) is 5.77. The molecule has 0 saturated heterocycles. The Morgan fingerprint density at radius 1 is 1.53 bits per heavy atom. The molecule has 17 heavy (non-hydrogen) atoms. The van der Waals surface area contributed by atoms with E-state index < -0.39 is 0 Å². The predicted molar refractivity (Wildman–Crippen MR) is 76.8 cm³/mol. The van der Waals surface area contributed by atoms with E-state index in [9.17, 15) is 0 Å². The van der Waals surface area contributed by atoms with Gasteiger partial charge in [0.2, 0.25) is 0 Å². The summed E-state index contributed by atoms with van der Waals surface area (Å²) in [5.41, 5.74) is -0.117. The van der Waals surface area contributed by atoms with Gasteiger partial charge in [-0.15, -0.1) is 0 Å². The summed E-state index contributed by atoms with van der Waals surface area (Å²) in [4.78, 5) is 4.55. The first-order valence-electron chi connectivity index (χ1n) is 6.52. The van der Waals surface area contributed by atoms with Crippen LogP contribution in [0, 0.1) is 5.92 Å².